The number of aliphatic hydroxyl groups is 1. The van der Waals surface area contributed by atoms with E-state index in [9.17, 15) is 5.11 Å². The number of hydrogen-bond donors (Lipinski definition) is 2. The van der Waals surface area contributed by atoms with Gasteiger partial charge < -0.3 is 10.1 Å². The van der Waals surface area contributed by atoms with E-state index in [1.54, 1.807) is 6.20 Å². The molecule has 108 valence electrons. The first kappa shape index (κ1) is 12.5. The SMILES string of the molecule is OC[C@H]1CCC[C@@H]1n1cc(-c2cnnc3[nH]ccc23)cn1. The Balaban J connectivity index is 1.73. The van der Waals surface area contributed by atoms with Crippen molar-refractivity contribution in [1.29, 1.82) is 0 Å². The van der Waals surface area contributed by atoms with Crippen LogP contribution in [0, 0.1) is 5.92 Å². The number of aliphatic hydroxyl groups excluding tert-OH is 1. The Bertz CT molecular complexity index is 762. The molecular formula is C15H17N5O. The monoisotopic (exact) mass is 283 g/mol. The maximum absolute atomic E-state index is 9.47. The van der Waals surface area contributed by atoms with E-state index in [2.05, 4.69) is 26.5 Å². The number of nitrogens with zero attached hydrogens (tertiary/aromatic N) is 4. The second kappa shape index (κ2) is 4.96. The minimum atomic E-state index is 0.235. The second-order valence-corrected chi connectivity index (χ2v) is 5.65. The fraction of sp³-hybridized carbons (Fsp3) is 0.400. The largest absolute Gasteiger partial charge is 0.396 e. The molecule has 21 heavy (non-hydrogen) atoms. The maximum atomic E-state index is 9.47. The van der Waals surface area contributed by atoms with Crippen molar-refractivity contribution in [3.05, 3.63) is 30.9 Å². The zero-order valence-electron chi connectivity index (χ0n) is 11.6. The fourth-order valence-electron chi connectivity index (χ4n) is 3.34. The average Bonchev–Trinajstić information content (AvgIpc) is 3.24. The first-order valence-electron chi connectivity index (χ1n) is 7.31. The summed E-state index contributed by atoms with van der Waals surface area (Å²) in [6, 6.07) is 2.31. The highest BCUT2D eigenvalue weighted by Gasteiger charge is 2.28. The maximum Gasteiger partial charge on any atom is 0.160 e. The summed E-state index contributed by atoms with van der Waals surface area (Å²) in [6.07, 6.45) is 10.9. The molecule has 4 rings (SSSR count). The lowest BCUT2D eigenvalue weighted by Gasteiger charge is -2.17. The quantitative estimate of drug-likeness (QED) is 0.772. The van der Waals surface area contributed by atoms with Crippen molar-refractivity contribution >= 4 is 11.0 Å². The van der Waals surface area contributed by atoms with Crippen molar-refractivity contribution in [2.24, 2.45) is 5.92 Å². The highest BCUT2D eigenvalue weighted by molar-refractivity contribution is 5.91. The summed E-state index contributed by atoms with van der Waals surface area (Å²) in [4.78, 5) is 3.07. The van der Waals surface area contributed by atoms with Gasteiger partial charge in [-0.1, -0.05) is 6.42 Å². The summed E-state index contributed by atoms with van der Waals surface area (Å²) in [6.45, 7) is 0.235. The van der Waals surface area contributed by atoms with Gasteiger partial charge in [-0.2, -0.15) is 10.2 Å². The normalized spacial score (nSPS) is 22.1. The van der Waals surface area contributed by atoms with Crippen LogP contribution in [0.25, 0.3) is 22.2 Å². The molecule has 3 aromatic heterocycles. The summed E-state index contributed by atoms with van der Waals surface area (Å²) in [7, 11) is 0. The summed E-state index contributed by atoms with van der Waals surface area (Å²) in [5.74, 6) is 0.320. The average molecular weight is 283 g/mol. The number of aromatic nitrogens is 5. The molecule has 0 bridgehead atoms. The Morgan fingerprint density at radius 1 is 1.33 bits per heavy atom. The van der Waals surface area contributed by atoms with Gasteiger partial charge in [0.1, 0.15) is 0 Å². The van der Waals surface area contributed by atoms with Crippen LogP contribution < -0.4 is 0 Å². The van der Waals surface area contributed by atoms with Crippen LogP contribution in [0.5, 0.6) is 0 Å². The van der Waals surface area contributed by atoms with Crippen molar-refractivity contribution in [3.8, 4) is 11.1 Å². The number of fused-ring (bicyclic) bond motifs is 1. The highest BCUT2D eigenvalue weighted by atomic mass is 16.3. The van der Waals surface area contributed by atoms with Gasteiger partial charge in [0.05, 0.1) is 18.4 Å². The topological polar surface area (TPSA) is 79.6 Å². The predicted molar refractivity (Wildman–Crippen MR) is 78.6 cm³/mol. The van der Waals surface area contributed by atoms with E-state index >= 15 is 0 Å². The van der Waals surface area contributed by atoms with Crippen molar-refractivity contribution in [2.75, 3.05) is 6.61 Å². The van der Waals surface area contributed by atoms with Gasteiger partial charge >= 0.3 is 0 Å². The number of H-pyrrole nitrogens is 1. The van der Waals surface area contributed by atoms with Crippen molar-refractivity contribution in [2.45, 2.75) is 25.3 Å². The Labute approximate surface area is 121 Å². The Kier molecular flexibility index (Phi) is 2.96. The van der Waals surface area contributed by atoms with Crippen LogP contribution in [0.4, 0.5) is 0 Å². The summed E-state index contributed by atoms with van der Waals surface area (Å²) in [5.41, 5.74) is 2.86. The molecule has 6 nitrogen and oxygen atoms in total. The molecule has 0 amide bonds. The minimum Gasteiger partial charge on any atom is -0.396 e. The third-order valence-electron chi connectivity index (χ3n) is 4.47. The molecule has 3 heterocycles. The molecule has 0 unspecified atom stereocenters. The molecule has 0 aliphatic heterocycles. The van der Waals surface area contributed by atoms with E-state index in [1.807, 2.05) is 23.1 Å². The number of aromatic amines is 1. The standard InChI is InChI=1S/C15H17N5O/c21-9-10-2-1-3-14(10)20-8-11(6-18-20)13-7-17-19-15-12(13)4-5-16-15/h4-8,10,14,21H,1-3,9H2,(H,16,19)/t10-,14+/m1/s1. The summed E-state index contributed by atoms with van der Waals surface area (Å²) >= 11 is 0. The molecule has 2 N–H and O–H groups in total. The van der Waals surface area contributed by atoms with E-state index in [-0.39, 0.29) is 6.61 Å². The van der Waals surface area contributed by atoms with E-state index in [4.69, 9.17) is 0 Å². The van der Waals surface area contributed by atoms with Gasteiger partial charge in [-0.15, -0.1) is 5.10 Å². The lowest BCUT2D eigenvalue weighted by molar-refractivity contribution is 0.190. The smallest absolute Gasteiger partial charge is 0.160 e. The van der Waals surface area contributed by atoms with E-state index in [0.717, 1.165) is 41.4 Å². The molecule has 0 saturated heterocycles. The first-order chi connectivity index (χ1) is 10.4. The molecular weight excluding hydrogens is 266 g/mol. The molecule has 0 spiro atoms. The molecule has 1 saturated carbocycles. The van der Waals surface area contributed by atoms with Gasteiger partial charge in [-0.05, 0) is 18.9 Å². The van der Waals surface area contributed by atoms with Crippen LogP contribution in [0.3, 0.4) is 0 Å². The van der Waals surface area contributed by atoms with Gasteiger partial charge in [-0.25, -0.2) is 0 Å². The molecule has 6 heteroatoms. The molecule has 1 aliphatic rings. The van der Waals surface area contributed by atoms with Gasteiger partial charge in [0.15, 0.2) is 5.65 Å². The molecule has 0 aromatic carbocycles. The zero-order chi connectivity index (χ0) is 14.2. The van der Waals surface area contributed by atoms with E-state index in [1.165, 1.54) is 0 Å². The Hall–Kier alpha value is -2.21. The zero-order valence-corrected chi connectivity index (χ0v) is 11.6. The van der Waals surface area contributed by atoms with Gasteiger partial charge in [-0.3, -0.25) is 4.68 Å². The van der Waals surface area contributed by atoms with Gasteiger partial charge in [0, 0.05) is 41.4 Å². The van der Waals surface area contributed by atoms with Gasteiger partial charge in [0.2, 0.25) is 0 Å². The highest BCUT2D eigenvalue weighted by Crippen LogP contribution is 2.36. The van der Waals surface area contributed by atoms with Crippen LogP contribution in [-0.4, -0.2) is 36.7 Å². The lowest BCUT2D eigenvalue weighted by Crippen LogP contribution is -2.17. The predicted octanol–water partition coefficient (Wildman–Crippen LogP) is 2.15. The molecule has 3 aromatic rings. The number of rotatable bonds is 3. The molecule has 1 fully saturated rings. The van der Waals surface area contributed by atoms with E-state index < -0.39 is 0 Å². The van der Waals surface area contributed by atoms with Crippen LogP contribution in [-0.2, 0) is 0 Å². The van der Waals surface area contributed by atoms with Crippen LogP contribution >= 0.6 is 0 Å². The van der Waals surface area contributed by atoms with Crippen molar-refractivity contribution < 1.29 is 5.11 Å². The Morgan fingerprint density at radius 2 is 2.29 bits per heavy atom. The summed E-state index contributed by atoms with van der Waals surface area (Å²) < 4.78 is 2.00. The Morgan fingerprint density at radius 3 is 3.19 bits per heavy atom. The lowest BCUT2D eigenvalue weighted by atomic mass is 10.1. The number of nitrogens with one attached hydrogen (secondary N) is 1. The van der Waals surface area contributed by atoms with Crippen LogP contribution in [0.2, 0.25) is 0 Å². The van der Waals surface area contributed by atoms with Gasteiger partial charge in [0.25, 0.3) is 0 Å². The summed E-state index contributed by atoms with van der Waals surface area (Å²) in [5, 5.41) is 23.1. The number of hydrogen-bond acceptors (Lipinski definition) is 4. The minimum absolute atomic E-state index is 0.235. The molecule has 2 atom stereocenters. The van der Waals surface area contributed by atoms with E-state index in [0.29, 0.717) is 12.0 Å². The van der Waals surface area contributed by atoms with Crippen LogP contribution in [0.1, 0.15) is 25.3 Å². The van der Waals surface area contributed by atoms with Crippen molar-refractivity contribution in [1.82, 2.24) is 25.0 Å². The third kappa shape index (κ3) is 2.03. The first-order valence-corrected chi connectivity index (χ1v) is 7.31. The fourth-order valence-corrected chi connectivity index (χ4v) is 3.34. The second-order valence-electron chi connectivity index (χ2n) is 5.65. The molecule has 0 radical (unpaired) electrons. The van der Waals surface area contributed by atoms with Crippen LogP contribution in [0.15, 0.2) is 30.9 Å². The van der Waals surface area contributed by atoms with Crippen molar-refractivity contribution in [3.63, 3.8) is 0 Å². The molecule has 1 aliphatic carbocycles. The third-order valence-corrected chi connectivity index (χ3v) is 4.47.